The number of carbonyl (C=O) groups excluding carboxylic acids is 2. The fraction of sp³-hybridized carbons (Fsp3) is 0.733. The highest BCUT2D eigenvalue weighted by molar-refractivity contribution is 5.86. The summed E-state index contributed by atoms with van der Waals surface area (Å²) in [5.74, 6) is -1.95. The van der Waals surface area contributed by atoms with Crippen molar-refractivity contribution in [2.45, 2.75) is 45.2 Å². The number of ether oxygens (including phenoxy) is 1. The number of aldehydes is 1. The Morgan fingerprint density at radius 1 is 1.29 bits per heavy atom. The maximum Gasteiger partial charge on any atom is 0.318 e. The second-order valence-electron chi connectivity index (χ2n) is 6.91. The van der Waals surface area contributed by atoms with Crippen LogP contribution in [0.15, 0.2) is 11.6 Å². The number of esters is 1. The zero-order valence-corrected chi connectivity index (χ0v) is 12.0. The van der Waals surface area contributed by atoms with E-state index in [4.69, 9.17) is 4.74 Å². The van der Waals surface area contributed by atoms with Gasteiger partial charge in [0, 0.05) is 6.42 Å². The van der Waals surface area contributed by atoms with Crippen molar-refractivity contribution < 1.29 is 29.6 Å². The van der Waals surface area contributed by atoms with Gasteiger partial charge in [-0.3, -0.25) is 9.59 Å². The Kier molecular flexibility index (Phi) is 3.06. The van der Waals surface area contributed by atoms with Crippen LogP contribution in [0.25, 0.3) is 0 Å². The maximum atomic E-state index is 12.5. The van der Waals surface area contributed by atoms with Gasteiger partial charge in [0.05, 0.1) is 18.1 Å². The molecule has 1 saturated heterocycles. The average molecular weight is 296 g/mol. The molecule has 3 aliphatic rings. The summed E-state index contributed by atoms with van der Waals surface area (Å²) in [5, 5.41) is 30.9. The Morgan fingerprint density at radius 2 is 1.95 bits per heavy atom. The first-order valence-corrected chi connectivity index (χ1v) is 7.18. The van der Waals surface area contributed by atoms with Crippen LogP contribution in [0.4, 0.5) is 0 Å². The molecular formula is C15H20O6. The number of aliphatic hydroxyl groups excluding tert-OH is 3. The normalized spacial score (nSPS) is 48.0. The molecule has 0 aromatic heterocycles. The molecule has 3 N–H and O–H groups in total. The van der Waals surface area contributed by atoms with Gasteiger partial charge in [-0.05, 0) is 23.3 Å². The van der Waals surface area contributed by atoms with Gasteiger partial charge in [0.1, 0.15) is 11.7 Å². The van der Waals surface area contributed by atoms with Crippen LogP contribution in [-0.4, -0.2) is 46.1 Å². The summed E-state index contributed by atoms with van der Waals surface area (Å²) < 4.78 is 4.97. The highest BCUT2D eigenvalue weighted by Crippen LogP contribution is 2.63. The van der Waals surface area contributed by atoms with Crippen molar-refractivity contribution >= 4 is 12.3 Å². The average Bonchev–Trinajstić information content (AvgIpc) is 2.69. The number of hydrogen-bond donors (Lipinski definition) is 3. The predicted molar refractivity (Wildman–Crippen MR) is 70.7 cm³/mol. The number of allylic oxidation sites excluding steroid dienone is 1. The van der Waals surface area contributed by atoms with Gasteiger partial charge < -0.3 is 20.1 Å². The maximum absolute atomic E-state index is 12.5. The highest BCUT2D eigenvalue weighted by atomic mass is 16.6. The molecule has 0 unspecified atom stereocenters. The van der Waals surface area contributed by atoms with Gasteiger partial charge in [0.15, 0.2) is 0 Å². The number of hydrogen-bond acceptors (Lipinski definition) is 6. The first-order chi connectivity index (χ1) is 9.77. The van der Waals surface area contributed by atoms with E-state index < -0.39 is 47.1 Å². The lowest BCUT2D eigenvalue weighted by Gasteiger charge is -2.56. The standard InChI is InChI=1S/C15H20O6/c1-14(2)8-4-3-7(6-16)11-12(19)21-13(20)15(8,11)10(18)5-9(14)17/h3,6,8-12,17-19H,4-5H2,1-2H3/t8-,9-,10+,11-,12+,15+/m1/s1. The van der Waals surface area contributed by atoms with Crippen LogP contribution >= 0.6 is 0 Å². The summed E-state index contributed by atoms with van der Waals surface area (Å²) in [5.41, 5.74) is -1.70. The highest BCUT2D eigenvalue weighted by Gasteiger charge is 2.72. The Bertz CT molecular complexity index is 524. The monoisotopic (exact) mass is 296 g/mol. The lowest BCUT2D eigenvalue weighted by atomic mass is 9.46. The smallest absolute Gasteiger partial charge is 0.318 e. The van der Waals surface area contributed by atoms with Crippen LogP contribution in [0.2, 0.25) is 0 Å². The fourth-order valence-electron chi connectivity index (χ4n) is 4.58. The molecule has 1 heterocycles. The lowest BCUT2D eigenvalue weighted by molar-refractivity contribution is -0.191. The summed E-state index contributed by atoms with van der Waals surface area (Å²) in [6.45, 7) is 3.68. The fourth-order valence-corrected chi connectivity index (χ4v) is 4.58. The molecule has 6 nitrogen and oxygen atoms in total. The van der Waals surface area contributed by atoms with Crippen LogP contribution < -0.4 is 0 Å². The summed E-state index contributed by atoms with van der Waals surface area (Å²) in [4.78, 5) is 23.8. The number of aliphatic hydroxyl groups is 3. The molecule has 116 valence electrons. The molecule has 1 aliphatic heterocycles. The van der Waals surface area contributed by atoms with Crippen LogP contribution in [0.3, 0.4) is 0 Å². The third-order valence-corrected chi connectivity index (χ3v) is 5.80. The Hall–Kier alpha value is -1.24. The number of rotatable bonds is 1. The summed E-state index contributed by atoms with van der Waals surface area (Å²) in [6.07, 6.45) is -0.653. The van der Waals surface area contributed by atoms with E-state index in [1.54, 1.807) is 6.08 Å². The van der Waals surface area contributed by atoms with Crippen LogP contribution in [0.1, 0.15) is 26.7 Å². The van der Waals surface area contributed by atoms with E-state index in [2.05, 4.69) is 0 Å². The minimum Gasteiger partial charge on any atom is -0.435 e. The molecule has 0 amide bonds. The van der Waals surface area contributed by atoms with Crippen molar-refractivity contribution in [2.24, 2.45) is 22.7 Å². The van der Waals surface area contributed by atoms with E-state index in [1.807, 2.05) is 13.8 Å². The number of cyclic esters (lactones) is 1. The van der Waals surface area contributed by atoms with Crippen LogP contribution in [-0.2, 0) is 14.3 Å². The molecule has 3 rings (SSSR count). The minimum absolute atomic E-state index is 0.0218. The molecular weight excluding hydrogens is 276 g/mol. The molecule has 1 spiro atoms. The zero-order valence-electron chi connectivity index (χ0n) is 12.0. The van der Waals surface area contributed by atoms with Gasteiger partial charge in [-0.15, -0.1) is 0 Å². The lowest BCUT2D eigenvalue weighted by Crippen LogP contribution is -2.63. The molecule has 0 bridgehead atoms. The van der Waals surface area contributed by atoms with E-state index in [1.165, 1.54) is 0 Å². The van der Waals surface area contributed by atoms with Gasteiger partial charge >= 0.3 is 5.97 Å². The van der Waals surface area contributed by atoms with Crippen molar-refractivity contribution in [3.05, 3.63) is 11.6 Å². The first kappa shape index (κ1) is 14.7. The molecule has 0 aromatic rings. The molecule has 2 aliphatic carbocycles. The van der Waals surface area contributed by atoms with Gasteiger partial charge in [0.2, 0.25) is 6.29 Å². The summed E-state index contributed by atoms with van der Waals surface area (Å²) in [7, 11) is 0. The third-order valence-electron chi connectivity index (χ3n) is 5.80. The first-order valence-electron chi connectivity index (χ1n) is 7.18. The molecule has 2 fully saturated rings. The topological polar surface area (TPSA) is 104 Å². The molecule has 6 heteroatoms. The SMILES string of the molecule is CC1(C)[C@H](O)C[C@H](O)[C@]23C(=O)O[C@H](O)[C@H]2C(C=O)=CC[C@H]13. The second-order valence-corrected chi connectivity index (χ2v) is 6.91. The van der Waals surface area contributed by atoms with E-state index in [-0.39, 0.29) is 12.0 Å². The summed E-state index contributed by atoms with van der Waals surface area (Å²) in [6, 6.07) is 0. The largest absolute Gasteiger partial charge is 0.435 e. The van der Waals surface area contributed by atoms with Gasteiger partial charge in [-0.1, -0.05) is 19.9 Å². The second kappa shape index (κ2) is 4.38. The minimum atomic E-state index is -1.43. The van der Waals surface area contributed by atoms with Crippen molar-refractivity contribution in [1.82, 2.24) is 0 Å². The van der Waals surface area contributed by atoms with Crippen LogP contribution in [0, 0.1) is 22.7 Å². The summed E-state index contributed by atoms with van der Waals surface area (Å²) >= 11 is 0. The number of carbonyl (C=O) groups is 2. The van der Waals surface area contributed by atoms with Crippen molar-refractivity contribution in [1.29, 1.82) is 0 Å². The van der Waals surface area contributed by atoms with E-state index in [9.17, 15) is 24.9 Å². The molecule has 0 aromatic carbocycles. The Balaban J connectivity index is 2.22. The Morgan fingerprint density at radius 3 is 2.57 bits per heavy atom. The van der Waals surface area contributed by atoms with E-state index in [0.717, 1.165) is 0 Å². The van der Waals surface area contributed by atoms with Gasteiger partial charge in [-0.2, -0.15) is 0 Å². The Labute approximate surface area is 122 Å². The van der Waals surface area contributed by atoms with E-state index in [0.29, 0.717) is 12.7 Å². The van der Waals surface area contributed by atoms with E-state index >= 15 is 0 Å². The molecule has 21 heavy (non-hydrogen) atoms. The molecule has 0 radical (unpaired) electrons. The molecule has 1 saturated carbocycles. The predicted octanol–water partition coefficient (Wildman–Crippen LogP) is -0.239. The van der Waals surface area contributed by atoms with Gasteiger partial charge in [-0.25, -0.2) is 0 Å². The quantitative estimate of drug-likeness (QED) is 0.456. The van der Waals surface area contributed by atoms with Crippen LogP contribution in [0.5, 0.6) is 0 Å². The third kappa shape index (κ3) is 1.58. The zero-order chi connectivity index (χ0) is 15.6. The van der Waals surface area contributed by atoms with Gasteiger partial charge in [0.25, 0.3) is 0 Å². The van der Waals surface area contributed by atoms with Crippen molar-refractivity contribution in [3.63, 3.8) is 0 Å². The van der Waals surface area contributed by atoms with Crippen molar-refractivity contribution in [3.8, 4) is 0 Å². The van der Waals surface area contributed by atoms with Crippen molar-refractivity contribution in [2.75, 3.05) is 0 Å². The molecule has 6 atom stereocenters.